The molecule has 0 aliphatic carbocycles. The quantitative estimate of drug-likeness (QED) is 0.764. The van der Waals surface area contributed by atoms with Gasteiger partial charge in [-0.3, -0.25) is 4.79 Å². The Bertz CT molecular complexity index is 632. The molecule has 0 aromatic heterocycles. The number of nitrogens with one attached hydrogen (secondary N) is 1. The molecule has 1 aromatic carbocycles. The molecule has 22 heavy (non-hydrogen) atoms. The van der Waals surface area contributed by atoms with Gasteiger partial charge < -0.3 is 10.2 Å². The molecule has 0 unspecified atom stereocenters. The Morgan fingerprint density at radius 1 is 1.27 bits per heavy atom. The zero-order valence-corrected chi connectivity index (χ0v) is 15.7. The van der Waals surface area contributed by atoms with Gasteiger partial charge in [0, 0.05) is 23.2 Å². The van der Waals surface area contributed by atoms with E-state index in [0.717, 1.165) is 16.3 Å². The Morgan fingerprint density at radius 3 is 2.41 bits per heavy atom. The number of sulfonamides is 1. The minimum Gasteiger partial charge on any atom is -0.325 e. The van der Waals surface area contributed by atoms with Gasteiger partial charge in [-0.15, -0.1) is 0 Å². The van der Waals surface area contributed by atoms with Crippen LogP contribution in [0.5, 0.6) is 0 Å². The predicted octanol–water partition coefficient (Wildman–Crippen LogP) is 1.52. The van der Waals surface area contributed by atoms with Crippen LogP contribution in [0, 0.1) is 6.92 Å². The van der Waals surface area contributed by atoms with E-state index in [0.29, 0.717) is 12.2 Å². The average molecular weight is 392 g/mol. The van der Waals surface area contributed by atoms with Crippen molar-refractivity contribution in [3.63, 3.8) is 0 Å². The van der Waals surface area contributed by atoms with Gasteiger partial charge in [0.05, 0.1) is 12.8 Å². The number of aryl methyl sites for hydroxylation is 1. The zero-order chi connectivity index (χ0) is 16.9. The first kappa shape index (κ1) is 19.1. The van der Waals surface area contributed by atoms with Crippen molar-refractivity contribution in [3.05, 3.63) is 28.2 Å². The van der Waals surface area contributed by atoms with Crippen LogP contribution in [0.1, 0.15) is 5.56 Å². The number of anilines is 1. The van der Waals surface area contributed by atoms with Crippen LogP contribution in [0.3, 0.4) is 0 Å². The van der Waals surface area contributed by atoms with Gasteiger partial charge in [-0.1, -0.05) is 22.0 Å². The molecule has 0 saturated carbocycles. The standard InChI is InChI=1S/C14H22BrN3O3S/c1-11-5-6-12(9-13(11)15)16-14(19)10-18(22(4,20)21)8-7-17(2)3/h5-6,9H,7-8,10H2,1-4H3,(H,16,19). The number of halogens is 1. The molecule has 8 heteroatoms. The van der Waals surface area contributed by atoms with Crippen molar-refractivity contribution in [1.29, 1.82) is 0 Å². The number of likely N-dealkylation sites (N-methyl/N-ethyl adjacent to an activating group) is 1. The van der Waals surface area contributed by atoms with Crippen molar-refractivity contribution in [2.24, 2.45) is 0 Å². The molecule has 0 aliphatic heterocycles. The summed E-state index contributed by atoms with van der Waals surface area (Å²) in [6.45, 7) is 2.58. The summed E-state index contributed by atoms with van der Waals surface area (Å²) in [5.74, 6) is -0.361. The Hall–Kier alpha value is -0.960. The van der Waals surface area contributed by atoms with Crippen molar-refractivity contribution in [2.45, 2.75) is 6.92 Å². The summed E-state index contributed by atoms with van der Waals surface area (Å²) in [4.78, 5) is 13.9. The van der Waals surface area contributed by atoms with Crippen LogP contribution in [-0.2, 0) is 14.8 Å². The maximum atomic E-state index is 12.1. The van der Waals surface area contributed by atoms with Crippen LogP contribution < -0.4 is 5.32 Å². The molecule has 1 rings (SSSR count). The summed E-state index contributed by atoms with van der Waals surface area (Å²) in [5, 5.41) is 2.71. The molecule has 0 bridgehead atoms. The number of carbonyl (C=O) groups excluding carboxylic acids is 1. The molecule has 0 spiro atoms. The Morgan fingerprint density at radius 2 is 1.91 bits per heavy atom. The maximum absolute atomic E-state index is 12.1. The second kappa shape index (κ2) is 8.05. The van der Waals surface area contributed by atoms with Crippen molar-refractivity contribution in [2.75, 3.05) is 45.3 Å². The van der Waals surface area contributed by atoms with E-state index in [1.165, 1.54) is 4.31 Å². The molecule has 1 N–H and O–H groups in total. The molecule has 6 nitrogen and oxygen atoms in total. The molecule has 1 amide bonds. The molecule has 124 valence electrons. The molecular formula is C14H22BrN3O3S. The highest BCUT2D eigenvalue weighted by molar-refractivity contribution is 9.10. The summed E-state index contributed by atoms with van der Waals surface area (Å²) in [5.41, 5.74) is 1.69. The van der Waals surface area contributed by atoms with E-state index in [-0.39, 0.29) is 19.0 Å². The first-order valence-electron chi connectivity index (χ1n) is 6.75. The number of hydrogen-bond donors (Lipinski definition) is 1. The molecule has 0 heterocycles. The largest absolute Gasteiger partial charge is 0.325 e. The van der Waals surface area contributed by atoms with Gasteiger partial charge in [0.1, 0.15) is 0 Å². The third-order valence-corrected chi connectivity index (χ3v) is 5.15. The van der Waals surface area contributed by atoms with Gasteiger partial charge >= 0.3 is 0 Å². The monoisotopic (exact) mass is 391 g/mol. The predicted molar refractivity (Wildman–Crippen MR) is 92.5 cm³/mol. The molecule has 0 saturated heterocycles. The minimum absolute atomic E-state index is 0.196. The number of hydrogen-bond acceptors (Lipinski definition) is 4. The number of nitrogens with zero attached hydrogens (tertiary/aromatic N) is 2. The lowest BCUT2D eigenvalue weighted by atomic mass is 10.2. The number of benzene rings is 1. The minimum atomic E-state index is -3.43. The fourth-order valence-corrected chi connectivity index (χ4v) is 2.85. The normalized spacial score (nSPS) is 12.0. The molecule has 0 fully saturated rings. The van der Waals surface area contributed by atoms with Crippen LogP contribution in [0.15, 0.2) is 22.7 Å². The summed E-state index contributed by atoms with van der Waals surface area (Å²) in [6, 6.07) is 5.44. The number of rotatable bonds is 7. The fourth-order valence-electron chi connectivity index (χ4n) is 1.70. The van der Waals surface area contributed by atoms with E-state index in [4.69, 9.17) is 0 Å². The molecule has 0 radical (unpaired) electrons. The van der Waals surface area contributed by atoms with Crippen molar-refractivity contribution in [3.8, 4) is 0 Å². The number of amides is 1. The molecule has 0 aliphatic rings. The lowest BCUT2D eigenvalue weighted by Gasteiger charge is -2.21. The highest BCUT2D eigenvalue weighted by Crippen LogP contribution is 2.20. The van der Waals surface area contributed by atoms with Crippen molar-refractivity contribution >= 4 is 37.5 Å². The van der Waals surface area contributed by atoms with E-state index in [1.807, 2.05) is 32.0 Å². The van der Waals surface area contributed by atoms with Gasteiger partial charge in [0.15, 0.2) is 0 Å². The average Bonchev–Trinajstić information content (AvgIpc) is 2.37. The van der Waals surface area contributed by atoms with Gasteiger partial charge in [-0.2, -0.15) is 4.31 Å². The van der Waals surface area contributed by atoms with Crippen LogP contribution in [0.2, 0.25) is 0 Å². The van der Waals surface area contributed by atoms with Gasteiger partial charge in [-0.05, 0) is 38.7 Å². The Kier molecular flexibility index (Phi) is 6.98. The SMILES string of the molecule is Cc1ccc(NC(=O)CN(CCN(C)C)S(C)(=O)=O)cc1Br. The van der Waals surface area contributed by atoms with E-state index in [2.05, 4.69) is 21.2 Å². The lowest BCUT2D eigenvalue weighted by molar-refractivity contribution is -0.116. The third-order valence-electron chi connectivity index (χ3n) is 3.04. The second-order valence-electron chi connectivity index (χ2n) is 5.41. The first-order chi connectivity index (χ1) is 10.1. The van der Waals surface area contributed by atoms with Gasteiger partial charge in [0.2, 0.25) is 15.9 Å². The third kappa shape index (κ3) is 6.43. The fraction of sp³-hybridized carbons (Fsp3) is 0.500. The second-order valence-corrected chi connectivity index (χ2v) is 8.25. The first-order valence-corrected chi connectivity index (χ1v) is 9.39. The molecule has 0 atom stereocenters. The van der Waals surface area contributed by atoms with Crippen molar-refractivity contribution in [1.82, 2.24) is 9.21 Å². The maximum Gasteiger partial charge on any atom is 0.239 e. The van der Waals surface area contributed by atoms with E-state index < -0.39 is 10.0 Å². The van der Waals surface area contributed by atoms with Crippen LogP contribution in [0.4, 0.5) is 5.69 Å². The van der Waals surface area contributed by atoms with E-state index in [9.17, 15) is 13.2 Å². The van der Waals surface area contributed by atoms with Gasteiger partial charge in [0.25, 0.3) is 0 Å². The van der Waals surface area contributed by atoms with Crippen LogP contribution in [0.25, 0.3) is 0 Å². The Labute approximate surface area is 140 Å². The topological polar surface area (TPSA) is 69.7 Å². The highest BCUT2D eigenvalue weighted by atomic mass is 79.9. The summed E-state index contributed by atoms with van der Waals surface area (Å²) in [7, 11) is 0.277. The summed E-state index contributed by atoms with van der Waals surface area (Å²) in [6.07, 6.45) is 1.11. The Balaban J connectivity index is 2.72. The highest BCUT2D eigenvalue weighted by Gasteiger charge is 2.20. The zero-order valence-electron chi connectivity index (χ0n) is 13.3. The lowest BCUT2D eigenvalue weighted by Crippen LogP contribution is -2.41. The number of carbonyl (C=O) groups is 1. The summed E-state index contributed by atoms with van der Waals surface area (Å²) >= 11 is 3.40. The smallest absolute Gasteiger partial charge is 0.239 e. The van der Waals surface area contributed by atoms with Crippen molar-refractivity contribution < 1.29 is 13.2 Å². The van der Waals surface area contributed by atoms with E-state index >= 15 is 0 Å². The molecular weight excluding hydrogens is 370 g/mol. The van der Waals surface area contributed by atoms with Crippen LogP contribution >= 0.6 is 15.9 Å². The summed E-state index contributed by atoms with van der Waals surface area (Å²) < 4.78 is 25.6. The van der Waals surface area contributed by atoms with Crippen LogP contribution in [-0.4, -0.2) is 63.5 Å². The molecule has 1 aromatic rings. The van der Waals surface area contributed by atoms with E-state index in [1.54, 1.807) is 12.1 Å². The van der Waals surface area contributed by atoms with Gasteiger partial charge in [-0.25, -0.2) is 8.42 Å².